The Morgan fingerprint density at radius 3 is 2.05 bits per heavy atom. The molecule has 0 radical (unpaired) electrons. The van der Waals surface area contributed by atoms with Gasteiger partial charge in [-0.25, -0.2) is 4.79 Å². The molecule has 2 aromatic rings. The van der Waals surface area contributed by atoms with Crippen LogP contribution in [0.2, 0.25) is 0 Å². The van der Waals surface area contributed by atoms with Crippen LogP contribution in [-0.2, 0) is 0 Å². The van der Waals surface area contributed by atoms with Crippen molar-refractivity contribution in [3.63, 3.8) is 0 Å². The van der Waals surface area contributed by atoms with Gasteiger partial charge in [0.2, 0.25) is 0 Å². The first-order valence-electron chi connectivity index (χ1n) is 6.38. The van der Waals surface area contributed by atoms with Crippen molar-refractivity contribution in [3.8, 4) is 12.1 Å². The lowest BCUT2D eigenvalue weighted by atomic mass is 9.98. The van der Waals surface area contributed by atoms with Crippen LogP contribution in [0.15, 0.2) is 36.4 Å². The van der Waals surface area contributed by atoms with Crippen LogP contribution in [0, 0.1) is 22.7 Å². The fourth-order valence-corrected chi connectivity index (χ4v) is 2.24. The van der Waals surface area contributed by atoms with Gasteiger partial charge in [0, 0.05) is 10.9 Å². The van der Waals surface area contributed by atoms with Crippen LogP contribution in [0.5, 0.6) is 0 Å². The molecule has 0 aliphatic heterocycles. The average Bonchev–Trinajstić information content (AvgIpc) is 2.52. The number of carboxylic acids is 1. The summed E-state index contributed by atoms with van der Waals surface area (Å²) in [5, 5.41) is 27.8. The van der Waals surface area contributed by atoms with Crippen LogP contribution >= 0.6 is 0 Å². The lowest BCUT2D eigenvalue weighted by molar-refractivity contribution is 0.0699. The maximum absolute atomic E-state index is 12.5. The van der Waals surface area contributed by atoms with E-state index in [1.807, 2.05) is 12.1 Å². The molecular formula is C16H11N3O3. The first kappa shape index (κ1) is 15.0. The molecule has 6 heteroatoms. The third kappa shape index (κ3) is 2.72. The Bertz CT molecular complexity index is 809. The maximum atomic E-state index is 12.5. The predicted molar refractivity (Wildman–Crippen MR) is 78.0 cm³/mol. The van der Waals surface area contributed by atoms with E-state index in [0.717, 1.165) is 4.90 Å². The molecule has 0 atom stereocenters. The number of fused-ring (bicyclic) bond motifs is 1. The van der Waals surface area contributed by atoms with E-state index in [-0.39, 0.29) is 24.2 Å². The topological polar surface area (TPSA) is 105 Å². The first-order chi connectivity index (χ1) is 10.6. The van der Waals surface area contributed by atoms with E-state index in [1.54, 1.807) is 24.3 Å². The molecule has 6 nitrogen and oxygen atoms in total. The van der Waals surface area contributed by atoms with Crippen molar-refractivity contribution in [1.82, 2.24) is 4.90 Å². The number of carbonyl (C=O) groups excluding carboxylic acids is 1. The number of amides is 1. The van der Waals surface area contributed by atoms with Crippen molar-refractivity contribution in [2.45, 2.75) is 0 Å². The van der Waals surface area contributed by atoms with Gasteiger partial charge in [0.25, 0.3) is 5.91 Å². The standard InChI is InChI=1S/C16H11N3O3/c17-7-9-19(10-8-18)15(20)12-5-1-3-11-4-2-6-13(14(11)12)16(21)22/h1-6H,9-10H2,(H,21,22). The summed E-state index contributed by atoms with van der Waals surface area (Å²) in [5.74, 6) is -1.68. The minimum Gasteiger partial charge on any atom is -0.478 e. The highest BCUT2D eigenvalue weighted by atomic mass is 16.4. The Kier molecular flexibility index (Phi) is 4.36. The van der Waals surface area contributed by atoms with Gasteiger partial charge in [0.15, 0.2) is 0 Å². The van der Waals surface area contributed by atoms with Crippen LogP contribution < -0.4 is 0 Å². The van der Waals surface area contributed by atoms with Crippen LogP contribution in [-0.4, -0.2) is 35.0 Å². The van der Waals surface area contributed by atoms with Crippen molar-refractivity contribution in [1.29, 1.82) is 10.5 Å². The third-order valence-electron chi connectivity index (χ3n) is 3.18. The molecule has 108 valence electrons. The van der Waals surface area contributed by atoms with Gasteiger partial charge in [-0.2, -0.15) is 10.5 Å². The highest BCUT2D eigenvalue weighted by Gasteiger charge is 2.20. The normalized spacial score (nSPS) is 9.73. The molecular weight excluding hydrogens is 282 g/mol. The van der Waals surface area contributed by atoms with E-state index >= 15 is 0 Å². The highest BCUT2D eigenvalue weighted by Crippen LogP contribution is 2.24. The summed E-state index contributed by atoms with van der Waals surface area (Å²) in [6, 6.07) is 13.2. The number of hydrogen-bond donors (Lipinski definition) is 1. The van der Waals surface area contributed by atoms with E-state index in [1.165, 1.54) is 12.1 Å². The van der Waals surface area contributed by atoms with Gasteiger partial charge in [0.05, 0.1) is 17.7 Å². The minimum absolute atomic E-state index is 0.00955. The van der Waals surface area contributed by atoms with E-state index in [2.05, 4.69) is 0 Å². The lowest BCUT2D eigenvalue weighted by Gasteiger charge is -2.17. The molecule has 1 N–H and O–H groups in total. The summed E-state index contributed by atoms with van der Waals surface area (Å²) >= 11 is 0. The van der Waals surface area contributed by atoms with Crippen LogP contribution in [0.3, 0.4) is 0 Å². The molecule has 0 aliphatic carbocycles. The van der Waals surface area contributed by atoms with Crippen LogP contribution in [0.25, 0.3) is 10.8 Å². The number of benzene rings is 2. The van der Waals surface area contributed by atoms with Gasteiger partial charge in [-0.15, -0.1) is 0 Å². The molecule has 0 aromatic heterocycles. The second-order valence-corrected chi connectivity index (χ2v) is 4.49. The zero-order valence-corrected chi connectivity index (χ0v) is 11.5. The minimum atomic E-state index is -1.14. The number of carbonyl (C=O) groups is 2. The quantitative estimate of drug-likeness (QED) is 0.868. The Labute approximate surface area is 126 Å². The molecule has 2 rings (SSSR count). The van der Waals surface area contributed by atoms with Gasteiger partial charge in [0.1, 0.15) is 13.1 Å². The molecule has 0 aliphatic rings. The number of carboxylic acid groups (broad SMARTS) is 1. The second-order valence-electron chi connectivity index (χ2n) is 4.49. The summed E-state index contributed by atoms with van der Waals surface area (Å²) in [5.41, 5.74) is 0.177. The number of aromatic carboxylic acids is 1. The maximum Gasteiger partial charge on any atom is 0.336 e. The van der Waals surface area contributed by atoms with Gasteiger partial charge in [-0.1, -0.05) is 24.3 Å². The molecule has 0 fully saturated rings. The Morgan fingerprint density at radius 1 is 1.00 bits per heavy atom. The first-order valence-corrected chi connectivity index (χ1v) is 6.38. The predicted octanol–water partition coefficient (Wildman–Crippen LogP) is 2.03. The molecule has 0 bridgehead atoms. The van der Waals surface area contributed by atoms with Crippen molar-refractivity contribution in [2.24, 2.45) is 0 Å². The number of hydrogen-bond acceptors (Lipinski definition) is 4. The fourth-order valence-electron chi connectivity index (χ4n) is 2.24. The summed E-state index contributed by atoms with van der Waals surface area (Å²) in [4.78, 5) is 25.0. The van der Waals surface area contributed by atoms with Crippen molar-refractivity contribution >= 4 is 22.6 Å². The molecule has 22 heavy (non-hydrogen) atoms. The van der Waals surface area contributed by atoms with E-state index < -0.39 is 11.9 Å². The Hall–Kier alpha value is -3.38. The smallest absolute Gasteiger partial charge is 0.336 e. The summed E-state index contributed by atoms with van der Waals surface area (Å²) in [7, 11) is 0. The molecule has 0 saturated carbocycles. The van der Waals surface area contributed by atoms with E-state index in [0.29, 0.717) is 10.8 Å². The largest absolute Gasteiger partial charge is 0.478 e. The average molecular weight is 293 g/mol. The second kappa shape index (κ2) is 6.38. The number of nitrogens with zero attached hydrogens (tertiary/aromatic N) is 3. The van der Waals surface area contributed by atoms with Crippen LogP contribution in [0.1, 0.15) is 20.7 Å². The zero-order valence-electron chi connectivity index (χ0n) is 11.5. The number of nitriles is 2. The van der Waals surface area contributed by atoms with Gasteiger partial charge in [-0.05, 0) is 17.5 Å². The highest BCUT2D eigenvalue weighted by molar-refractivity contribution is 6.14. The molecule has 0 heterocycles. The molecule has 2 aromatic carbocycles. The molecule has 1 amide bonds. The lowest BCUT2D eigenvalue weighted by Crippen LogP contribution is -2.32. The van der Waals surface area contributed by atoms with Crippen molar-refractivity contribution in [2.75, 3.05) is 13.1 Å². The fraction of sp³-hybridized carbons (Fsp3) is 0.125. The Morgan fingerprint density at radius 2 is 1.55 bits per heavy atom. The van der Waals surface area contributed by atoms with Crippen LogP contribution in [0.4, 0.5) is 0 Å². The monoisotopic (exact) mass is 293 g/mol. The van der Waals surface area contributed by atoms with Crippen molar-refractivity contribution < 1.29 is 14.7 Å². The Balaban J connectivity index is 2.65. The van der Waals surface area contributed by atoms with E-state index in [4.69, 9.17) is 10.5 Å². The third-order valence-corrected chi connectivity index (χ3v) is 3.18. The number of rotatable bonds is 4. The molecule has 0 saturated heterocycles. The summed E-state index contributed by atoms with van der Waals surface area (Å²) in [6.45, 7) is -0.476. The zero-order chi connectivity index (χ0) is 16.1. The van der Waals surface area contributed by atoms with E-state index in [9.17, 15) is 14.7 Å². The van der Waals surface area contributed by atoms with Gasteiger partial charge < -0.3 is 10.0 Å². The summed E-state index contributed by atoms with van der Waals surface area (Å²) in [6.07, 6.45) is 0. The van der Waals surface area contributed by atoms with Gasteiger partial charge in [-0.3, -0.25) is 4.79 Å². The molecule has 0 unspecified atom stereocenters. The van der Waals surface area contributed by atoms with Crippen molar-refractivity contribution in [3.05, 3.63) is 47.5 Å². The SMILES string of the molecule is N#CCN(CC#N)C(=O)c1cccc2cccc(C(=O)O)c12. The molecule has 0 spiro atoms. The summed E-state index contributed by atoms with van der Waals surface area (Å²) < 4.78 is 0. The van der Waals surface area contributed by atoms with Gasteiger partial charge >= 0.3 is 5.97 Å².